The molecule has 0 aliphatic carbocycles. The maximum Gasteiger partial charge on any atom is 0.317 e. The highest BCUT2D eigenvalue weighted by molar-refractivity contribution is 5.74. The van der Waals surface area contributed by atoms with Crippen LogP contribution >= 0.6 is 0 Å². The number of nitrogens with one attached hydrogen (secondary N) is 1. The Labute approximate surface area is 99.0 Å². The first-order valence-corrected chi connectivity index (χ1v) is 6.34. The van der Waals surface area contributed by atoms with E-state index in [1.807, 2.05) is 11.9 Å². The van der Waals surface area contributed by atoms with Crippen LogP contribution < -0.4 is 5.32 Å². The molecule has 1 fully saturated rings. The number of piperidine rings is 1. The van der Waals surface area contributed by atoms with Crippen LogP contribution in [0.25, 0.3) is 0 Å². The Bertz CT molecular complexity index is 212. The summed E-state index contributed by atoms with van der Waals surface area (Å²) in [6.07, 6.45) is 4.37. The second-order valence-electron chi connectivity index (χ2n) is 4.73. The minimum atomic E-state index is 0.0861. The molecule has 2 amide bonds. The van der Waals surface area contributed by atoms with Crippen LogP contribution in [0.5, 0.6) is 0 Å². The van der Waals surface area contributed by atoms with Gasteiger partial charge in [-0.05, 0) is 39.4 Å². The van der Waals surface area contributed by atoms with E-state index in [9.17, 15) is 4.79 Å². The van der Waals surface area contributed by atoms with Gasteiger partial charge in [0.1, 0.15) is 0 Å². The summed E-state index contributed by atoms with van der Waals surface area (Å²) in [7, 11) is 4.05. The van der Waals surface area contributed by atoms with E-state index in [1.54, 1.807) is 0 Å². The van der Waals surface area contributed by atoms with Crippen molar-refractivity contribution in [2.24, 2.45) is 0 Å². The number of hydrogen-bond acceptors (Lipinski definition) is 2. The second kappa shape index (κ2) is 6.74. The SMILES string of the molecule is CCCCNC(=O)N(C)C1CCN(C)CC1. The number of likely N-dealkylation sites (tertiary alicyclic amines) is 1. The molecule has 0 saturated carbocycles. The standard InChI is InChI=1S/C12H25N3O/c1-4-5-8-13-12(16)15(3)11-6-9-14(2)10-7-11/h11H,4-10H2,1-3H3,(H,13,16). The fourth-order valence-electron chi connectivity index (χ4n) is 2.04. The molecule has 94 valence electrons. The van der Waals surface area contributed by atoms with E-state index in [-0.39, 0.29) is 6.03 Å². The molecule has 1 aliphatic heterocycles. The zero-order valence-corrected chi connectivity index (χ0v) is 10.8. The normalized spacial score (nSPS) is 18.4. The topological polar surface area (TPSA) is 35.6 Å². The largest absolute Gasteiger partial charge is 0.338 e. The van der Waals surface area contributed by atoms with Gasteiger partial charge in [-0.2, -0.15) is 0 Å². The Balaban J connectivity index is 2.27. The van der Waals surface area contributed by atoms with E-state index in [0.29, 0.717) is 6.04 Å². The molecule has 4 heteroatoms. The highest BCUT2D eigenvalue weighted by atomic mass is 16.2. The molecule has 16 heavy (non-hydrogen) atoms. The molecule has 4 nitrogen and oxygen atoms in total. The van der Waals surface area contributed by atoms with E-state index in [2.05, 4.69) is 24.2 Å². The first-order valence-electron chi connectivity index (χ1n) is 6.34. The fraction of sp³-hybridized carbons (Fsp3) is 0.917. The molecule has 1 heterocycles. The second-order valence-corrected chi connectivity index (χ2v) is 4.73. The Morgan fingerprint density at radius 2 is 2.06 bits per heavy atom. The van der Waals surface area contributed by atoms with Crippen molar-refractivity contribution in [3.63, 3.8) is 0 Å². The Morgan fingerprint density at radius 3 is 2.62 bits per heavy atom. The van der Waals surface area contributed by atoms with Gasteiger partial charge in [0, 0.05) is 19.6 Å². The smallest absolute Gasteiger partial charge is 0.317 e. The van der Waals surface area contributed by atoms with Crippen molar-refractivity contribution in [2.45, 2.75) is 38.6 Å². The lowest BCUT2D eigenvalue weighted by atomic mass is 10.0. The number of hydrogen-bond donors (Lipinski definition) is 1. The summed E-state index contributed by atoms with van der Waals surface area (Å²) in [5.41, 5.74) is 0. The van der Waals surface area contributed by atoms with Crippen molar-refractivity contribution >= 4 is 6.03 Å². The average Bonchev–Trinajstić information content (AvgIpc) is 2.29. The zero-order valence-electron chi connectivity index (χ0n) is 10.8. The Hall–Kier alpha value is -0.770. The molecule has 0 aromatic rings. The minimum absolute atomic E-state index is 0.0861. The predicted molar refractivity (Wildman–Crippen MR) is 66.6 cm³/mol. The van der Waals surface area contributed by atoms with E-state index in [0.717, 1.165) is 45.3 Å². The number of unbranched alkanes of at least 4 members (excludes halogenated alkanes) is 1. The molecule has 0 aromatic heterocycles. The number of carbonyl (C=O) groups excluding carboxylic acids is 1. The van der Waals surface area contributed by atoms with E-state index in [4.69, 9.17) is 0 Å². The van der Waals surface area contributed by atoms with Gasteiger partial charge in [-0.3, -0.25) is 0 Å². The van der Waals surface area contributed by atoms with Crippen LogP contribution in [0, 0.1) is 0 Å². The van der Waals surface area contributed by atoms with Gasteiger partial charge in [0.2, 0.25) is 0 Å². The molecule has 1 saturated heterocycles. The summed E-state index contributed by atoms with van der Waals surface area (Å²) in [5, 5.41) is 2.97. The van der Waals surface area contributed by atoms with Crippen LogP contribution in [0.4, 0.5) is 4.79 Å². The summed E-state index contributed by atoms with van der Waals surface area (Å²) < 4.78 is 0. The molecule has 1 aliphatic rings. The highest BCUT2D eigenvalue weighted by Gasteiger charge is 2.23. The van der Waals surface area contributed by atoms with Crippen molar-refractivity contribution in [1.29, 1.82) is 0 Å². The van der Waals surface area contributed by atoms with Crippen LogP contribution in [-0.4, -0.2) is 55.6 Å². The third-order valence-electron chi connectivity index (χ3n) is 3.36. The van der Waals surface area contributed by atoms with Gasteiger partial charge in [-0.25, -0.2) is 4.79 Å². The Kier molecular flexibility index (Phi) is 5.60. The maximum atomic E-state index is 11.8. The molecule has 0 atom stereocenters. The quantitative estimate of drug-likeness (QED) is 0.739. The minimum Gasteiger partial charge on any atom is -0.338 e. The molecule has 1 N–H and O–H groups in total. The van der Waals surface area contributed by atoms with Gasteiger partial charge in [-0.15, -0.1) is 0 Å². The summed E-state index contributed by atoms with van der Waals surface area (Å²) in [4.78, 5) is 16.0. The lowest BCUT2D eigenvalue weighted by Gasteiger charge is -2.35. The number of urea groups is 1. The fourth-order valence-corrected chi connectivity index (χ4v) is 2.04. The number of amides is 2. The van der Waals surface area contributed by atoms with Crippen LogP contribution in [0.2, 0.25) is 0 Å². The highest BCUT2D eigenvalue weighted by Crippen LogP contribution is 2.13. The molecular formula is C12H25N3O. The van der Waals surface area contributed by atoms with Gasteiger partial charge in [-0.1, -0.05) is 13.3 Å². The van der Waals surface area contributed by atoms with Crippen molar-refractivity contribution in [1.82, 2.24) is 15.1 Å². The molecule has 0 spiro atoms. The Morgan fingerprint density at radius 1 is 1.44 bits per heavy atom. The lowest BCUT2D eigenvalue weighted by Crippen LogP contribution is -2.48. The third kappa shape index (κ3) is 4.00. The number of carbonyl (C=O) groups is 1. The van der Waals surface area contributed by atoms with E-state index in [1.165, 1.54) is 0 Å². The average molecular weight is 227 g/mol. The van der Waals surface area contributed by atoms with E-state index >= 15 is 0 Å². The molecular weight excluding hydrogens is 202 g/mol. The summed E-state index contributed by atoms with van der Waals surface area (Å²) in [5.74, 6) is 0. The first kappa shape index (κ1) is 13.3. The van der Waals surface area contributed by atoms with Gasteiger partial charge in [0.15, 0.2) is 0 Å². The molecule has 1 rings (SSSR count). The van der Waals surface area contributed by atoms with Gasteiger partial charge in [0.05, 0.1) is 0 Å². The molecule has 0 unspecified atom stereocenters. The predicted octanol–water partition coefficient (Wildman–Crippen LogP) is 1.52. The van der Waals surface area contributed by atoms with Gasteiger partial charge < -0.3 is 15.1 Å². The van der Waals surface area contributed by atoms with Crippen LogP contribution in [0.15, 0.2) is 0 Å². The van der Waals surface area contributed by atoms with Crippen LogP contribution in [0.3, 0.4) is 0 Å². The van der Waals surface area contributed by atoms with Crippen LogP contribution in [-0.2, 0) is 0 Å². The lowest BCUT2D eigenvalue weighted by molar-refractivity contribution is 0.148. The van der Waals surface area contributed by atoms with Crippen molar-refractivity contribution in [3.8, 4) is 0 Å². The van der Waals surface area contributed by atoms with Crippen molar-refractivity contribution in [3.05, 3.63) is 0 Å². The molecule has 0 radical (unpaired) electrons. The molecule has 0 bridgehead atoms. The van der Waals surface area contributed by atoms with Crippen molar-refractivity contribution in [2.75, 3.05) is 33.7 Å². The van der Waals surface area contributed by atoms with Gasteiger partial charge in [0.25, 0.3) is 0 Å². The number of nitrogens with zero attached hydrogens (tertiary/aromatic N) is 2. The van der Waals surface area contributed by atoms with Crippen LogP contribution in [0.1, 0.15) is 32.6 Å². The number of rotatable bonds is 4. The zero-order chi connectivity index (χ0) is 12.0. The monoisotopic (exact) mass is 227 g/mol. The summed E-state index contributed by atoms with van der Waals surface area (Å²) in [6.45, 7) is 5.12. The summed E-state index contributed by atoms with van der Waals surface area (Å²) >= 11 is 0. The van der Waals surface area contributed by atoms with E-state index < -0.39 is 0 Å². The van der Waals surface area contributed by atoms with Gasteiger partial charge >= 0.3 is 6.03 Å². The third-order valence-corrected chi connectivity index (χ3v) is 3.36. The first-order chi connectivity index (χ1) is 7.65. The van der Waals surface area contributed by atoms with Crippen molar-refractivity contribution < 1.29 is 4.79 Å². The molecule has 0 aromatic carbocycles. The maximum absolute atomic E-state index is 11.8. The summed E-state index contributed by atoms with van der Waals surface area (Å²) in [6, 6.07) is 0.501.